The summed E-state index contributed by atoms with van der Waals surface area (Å²) in [4.78, 5) is 23.9. The molecule has 27 heavy (non-hydrogen) atoms. The molecule has 0 unspecified atom stereocenters. The minimum Gasteiger partial charge on any atom is -0.493 e. The normalized spacial score (nSPS) is 10.2. The van der Waals surface area contributed by atoms with Gasteiger partial charge in [-0.15, -0.1) is 0 Å². The van der Waals surface area contributed by atoms with Crippen LogP contribution in [-0.2, 0) is 11.2 Å². The van der Waals surface area contributed by atoms with Gasteiger partial charge in [0.2, 0.25) is 5.91 Å². The summed E-state index contributed by atoms with van der Waals surface area (Å²) < 4.78 is 36.4. The molecule has 0 heterocycles. The van der Waals surface area contributed by atoms with E-state index in [1.165, 1.54) is 32.4 Å². The van der Waals surface area contributed by atoms with Gasteiger partial charge in [-0.1, -0.05) is 0 Å². The van der Waals surface area contributed by atoms with Crippen molar-refractivity contribution >= 4 is 11.8 Å². The van der Waals surface area contributed by atoms with Gasteiger partial charge in [-0.25, -0.2) is 8.78 Å². The third-order valence-corrected chi connectivity index (χ3v) is 3.71. The molecule has 144 valence electrons. The smallest absolute Gasteiger partial charge is 0.251 e. The first kappa shape index (κ1) is 20.2. The highest BCUT2D eigenvalue weighted by atomic mass is 19.1. The SMILES string of the molecule is COc1ccc(C(=O)NCC(=O)NCCc2cc(F)cc(F)c2)cc1OC. The van der Waals surface area contributed by atoms with E-state index in [1.54, 1.807) is 12.1 Å². The first-order valence-corrected chi connectivity index (χ1v) is 8.15. The zero-order valence-corrected chi connectivity index (χ0v) is 15.0. The summed E-state index contributed by atoms with van der Waals surface area (Å²) in [5, 5.41) is 5.06. The van der Waals surface area contributed by atoms with E-state index < -0.39 is 23.4 Å². The quantitative estimate of drug-likeness (QED) is 0.737. The number of nitrogens with one attached hydrogen (secondary N) is 2. The molecule has 0 aliphatic carbocycles. The molecule has 2 aromatic rings. The lowest BCUT2D eigenvalue weighted by atomic mass is 10.1. The second-order valence-electron chi connectivity index (χ2n) is 5.63. The monoisotopic (exact) mass is 378 g/mol. The number of methoxy groups -OCH3 is 2. The third-order valence-electron chi connectivity index (χ3n) is 3.71. The zero-order chi connectivity index (χ0) is 19.8. The van der Waals surface area contributed by atoms with Crippen LogP contribution in [0.1, 0.15) is 15.9 Å². The van der Waals surface area contributed by atoms with Gasteiger partial charge in [-0.3, -0.25) is 9.59 Å². The second kappa shape index (κ2) is 9.51. The van der Waals surface area contributed by atoms with Gasteiger partial charge in [0.1, 0.15) is 11.6 Å². The van der Waals surface area contributed by atoms with Crippen LogP contribution in [0, 0.1) is 11.6 Å². The summed E-state index contributed by atoms with van der Waals surface area (Å²) >= 11 is 0. The molecule has 2 N–H and O–H groups in total. The van der Waals surface area contributed by atoms with Crippen molar-refractivity contribution in [1.29, 1.82) is 0 Å². The van der Waals surface area contributed by atoms with Gasteiger partial charge in [0.05, 0.1) is 20.8 Å². The molecule has 0 aliphatic rings. The standard InChI is InChI=1S/C19H20F2N2O4/c1-26-16-4-3-13(9-17(16)27-2)19(25)23-11-18(24)22-6-5-12-7-14(20)10-15(21)8-12/h3-4,7-10H,5-6,11H2,1-2H3,(H,22,24)(H,23,25). The van der Waals surface area contributed by atoms with Crippen LogP contribution in [0.2, 0.25) is 0 Å². The Morgan fingerprint density at radius 3 is 2.22 bits per heavy atom. The molecule has 0 bridgehead atoms. The number of halogens is 2. The van der Waals surface area contributed by atoms with Crippen molar-refractivity contribution < 1.29 is 27.8 Å². The van der Waals surface area contributed by atoms with Gasteiger partial charge >= 0.3 is 0 Å². The predicted molar refractivity (Wildman–Crippen MR) is 95.0 cm³/mol. The van der Waals surface area contributed by atoms with Crippen molar-refractivity contribution in [2.75, 3.05) is 27.3 Å². The van der Waals surface area contributed by atoms with Crippen molar-refractivity contribution in [3.63, 3.8) is 0 Å². The molecule has 0 saturated heterocycles. The van der Waals surface area contributed by atoms with Gasteiger partial charge in [-0.2, -0.15) is 0 Å². The number of rotatable bonds is 8. The van der Waals surface area contributed by atoms with Crippen LogP contribution in [0.5, 0.6) is 11.5 Å². The molecule has 0 fully saturated rings. The molecular weight excluding hydrogens is 358 g/mol. The van der Waals surface area contributed by atoms with Gasteiger partial charge in [0.15, 0.2) is 11.5 Å². The molecule has 6 nitrogen and oxygen atoms in total. The third kappa shape index (κ3) is 5.95. The molecule has 0 saturated carbocycles. The highest BCUT2D eigenvalue weighted by Crippen LogP contribution is 2.27. The average molecular weight is 378 g/mol. The molecule has 2 rings (SSSR count). The van der Waals surface area contributed by atoms with E-state index in [-0.39, 0.29) is 19.5 Å². The van der Waals surface area contributed by atoms with Crippen LogP contribution in [0.3, 0.4) is 0 Å². The van der Waals surface area contributed by atoms with Crippen LogP contribution < -0.4 is 20.1 Å². The Balaban J connectivity index is 1.80. The van der Waals surface area contributed by atoms with Crippen LogP contribution in [0.4, 0.5) is 8.78 Å². The molecule has 2 aromatic carbocycles. The minimum atomic E-state index is -0.668. The minimum absolute atomic E-state index is 0.188. The Labute approximate surface area is 155 Å². The lowest BCUT2D eigenvalue weighted by molar-refractivity contribution is -0.120. The summed E-state index contributed by atoms with van der Waals surface area (Å²) in [6.07, 6.45) is 0.268. The Morgan fingerprint density at radius 1 is 0.926 bits per heavy atom. The molecule has 8 heteroatoms. The van der Waals surface area contributed by atoms with Crippen molar-refractivity contribution in [2.45, 2.75) is 6.42 Å². The Hall–Kier alpha value is -3.16. The van der Waals surface area contributed by atoms with Crippen LogP contribution in [0.25, 0.3) is 0 Å². The maximum Gasteiger partial charge on any atom is 0.251 e. The molecule has 0 aromatic heterocycles. The maximum atomic E-state index is 13.1. The summed E-state index contributed by atoms with van der Waals surface area (Å²) in [7, 11) is 2.94. The largest absolute Gasteiger partial charge is 0.493 e. The van der Waals surface area contributed by atoms with Crippen LogP contribution in [0.15, 0.2) is 36.4 Å². The van der Waals surface area contributed by atoms with Gasteiger partial charge < -0.3 is 20.1 Å². The second-order valence-corrected chi connectivity index (χ2v) is 5.63. The molecule has 0 spiro atoms. The highest BCUT2D eigenvalue weighted by molar-refractivity contribution is 5.97. The zero-order valence-electron chi connectivity index (χ0n) is 15.0. The van der Waals surface area contributed by atoms with Crippen molar-refractivity contribution in [1.82, 2.24) is 10.6 Å². The number of ether oxygens (including phenoxy) is 2. The summed E-state index contributed by atoms with van der Waals surface area (Å²) in [6, 6.07) is 7.83. The fourth-order valence-corrected chi connectivity index (χ4v) is 2.40. The molecule has 0 aliphatic heterocycles. The number of hydrogen-bond acceptors (Lipinski definition) is 4. The highest BCUT2D eigenvalue weighted by Gasteiger charge is 2.12. The van der Waals surface area contributed by atoms with Crippen molar-refractivity contribution in [3.05, 3.63) is 59.2 Å². The number of carbonyl (C=O) groups is 2. The van der Waals surface area contributed by atoms with E-state index in [4.69, 9.17) is 9.47 Å². The first-order chi connectivity index (χ1) is 12.9. The van der Waals surface area contributed by atoms with Crippen LogP contribution in [-0.4, -0.2) is 39.1 Å². The van der Waals surface area contributed by atoms with Gasteiger partial charge in [-0.05, 0) is 42.3 Å². The summed E-state index contributed by atoms with van der Waals surface area (Å²) in [5.41, 5.74) is 0.748. The van der Waals surface area contributed by atoms with Crippen molar-refractivity contribution in [3.8, 4) is 11.5 Å². The number of carbonyl (C=O) groups excluding carboxylic acids is 2. The van der Waals surface area contributed by atoms with Crippen molar-refractivity contribution in [2.24, 2.45) is 0 Å². The number of amides is 2. The van der Waals surface area contributed by atoms with Gasteiger partial charge in [0.25, 0.3) is 5.91 Å². The predicted octanol–water partition coefficient (Wildman–Crippen LogP) is 2.07. The number of benzene rings is 2. The number of hydrogen-bond donors (Lipinski definition) is 2. The Morgan fingerprint density at radius 2 is 1.59 bits per heavy atom. The molecular formula is C19H20F2N2O4. The van der Waals surface area contributed by atoms with E-state index in [2.05, 4.69) is 10.6 Å². The first-order valence-electron chi connectivity index (χ1n) is 8.15. The topological polar surface area (TPSA) is 76.7 Å². The molecule has 2 amide bonds. The fraction of sp³-hybridized carbons (Fsp3) is 0.263. The Bertz CT molecular complexity index is 807. The van der Waals surface area contributed by atoms with Crippen LogP contribution >= 0.6 is 0 Å². The van der Waals surface area contributed by atoms with E-state index in [0.717, 1.165) is 6.07 Å². The molecule has 0 atom stereocenters. The van der Waals surface area contributed by atoms with E-state index in [0.29, 0.717) is 22.6 Å². The maximum absolute atomic E-state index is 13.1. The fourth-order valence-electron chi connectivity index (χ4n) is 2.40. The Kier molecular flexibility index (Phi) is 7.10. The lowest BCUT2D eigenvalue weighted by Crippen LogP contribution is -2.37. The van der Waals surface area contributed by atoms with E-state index >= 15 is 0 Å². The van der Waals surface area contributed by atoms with E-state index in [9.17, 15) is 18.4 Å². The van der Waals surface area contributed by atoms with E-state index in [1.807, 2.05) is 0 Å². The summed E-state index contributed by atoms with van der Waals surface area (Å²) in [6.45, 7) is -0.0430. The van der Waals surface area contributed by atoms with Gasteiger partial charge in [0, 0.05) is 18.2 Å². The summed E-state index contributed by atoms with van der Waals surface area (Å²) in [5.74, 6) is -1.31. The lowest BCUT2D eigenvalue weighted by Gasteiger charge is -2.10. The molecule has 0 radical (unpaired) electrons. The average Bonchev–Trinajstić information content (AvgIpc) is 2.64.